The van der Waals surface area contributed by atoms with E-state index in [0.717, 1.165) is 12.1 Å². The summed E-state index contributed by atoms with van der Waals surface area (Å²) in [5, 5.41) is 20.5. The summed E-state index contributed by atoms with van der Waals surface area (Å²) in [6, 6.07) is 2.57. The molecule has 1 rings (SSSR count). The number of hydrogen-bond donors (Lipinski definition) is 1. The lowest BCUT2D eigenvalue weighted by molar-refractivity contribution is -0.385. The smallest absolute Gasteiger partial charge is 0.392 e. The Morgan fingerprint density at radius 1 is 1.30 bits per heavy atom. The summed E-state index contributed by atoms with van der Waals surface area (Å²) >= 11 is 0. The van der Waals surface area contributed by atoms with Gasteiger partial charge in [0.25, 0.3) is 5.69 Å². The van der Waals surface area contributed by atoms with E-state index in [1.807, 2.05) is 0 Å². The number of non-ortho nitro benzene ring substituents is 1. The molecule has 0 saturated heterocycles. The van der Waals surface area contributed by atoms with Crippen LogP contribution in [-0.2, 0) is 12.6 Å². The number of nitro benzene ring substituents is 1. The maximum absolute atomic E-state index is 12.9. The zero-order valence-electron chi connectivity index (χ0n) is 11.4. The first-order valence-corrected chi connectivity index (χ1v) is 5.95. The molecule has 20 heavy (non-hydrogen) atoms. The number of halogens is 3. The minimum Gasteiger partial charge on any atom is -0.392 e. The van der Waals surface area contributed by atoms with Gasteiger partial charge in [-0.05, 0) is 17.4 Å². The van der Waals surface area contributed by atoms with Gasteiger partial charge >= 0.3 is 6.18 Å². The number of rotatable bonds is 3. The van der Waals surface area contributed by atoms with Crippen LogP contribution in [-0.4, -0.2) is 16.1 Å². The fourth-order valence-corrected chi connectivity index (χ4v) is 1.63. The molecule has 0 fully saturated rings. The van der Waals surface area contributed by atoms with E-state index in [1.165, 1.54) is 0 Å². The molecule has 7 heteroatoms. The fraction of sp³-hybridized carbons (Fsp3) is 0.538. The second-order valence-corrected chi connectivity index (χ2v) is 5.68. The molecule has 0 bridgehead atoms. The maximum atomic E-state index is 12.9. The SMILES string of the molecule is CC(C)(C)C(O)Cc1ccc([N+](=O)[O-])cc1C(F)(F)F. The third-order valence-corrected chi connectivity index (χ3v) is 3.02. The Hall–Kier alpha value is -1.63. The van der Waals surface area contributed by atoms with E-state index in [1.54, 1.807) is 20.8 Å². The monoisotopic (exact) mass is 291 g/mol. The van der Waals surface area contributed by atoms with E-state index in [2.05, 4.69) is 0 Å². The molecule has 1 unspecified atom stereocenters. The molecular formula is C13H16F3NO3. The minimum absolute atomic E-state index is 0.148. The molecule has 1 aromatic rings. The number of benzene rings is 1. The van der Waals surface area contributed by atoms with E-state index < -0.39 is 33.9 Å². The van der Waals surface area contributed by atoms with Crippen LogP contribution in [0, 0.1) is 15.5 Å². The average molecular weight is 291 g/mol. The number of alkyl halides is 3. The molecule has 4 nitrogen and oxygen atoms in total. The first-order chi connectivity index (χ1) is 8.93. The minimum atomic E-state index is -4.70. The van der Waals surface area contributed by atoms with Crippen molar-refractivity contribution in [1.29, 1.82) is 0 Å². The molecule has 0 aliphatic carbocycles. The molecule has 0 aromatic heterocycles. The highest BCUT2D eigenvalue weighted by atomic mass is 19.4. The zero-order valence-corrected chi connectivity index (χ0v) is 11.4. The highest BCUT2D eigenvalue weighted by Gasteiger charge is 2.36. The highest BCUT2D eigenvalue weighted by molar-refractivity contribution is 5.41. The molecular weight excluding hydrogens is 275 g/mol. The number of aliphatic hydroxyl groups excluding tert-OH is 1. The van der Waals surface area contributed by atoms with Gasteiger partial charge in [0.1, 0.15) is 0 Å². The molecule has 1 atom stereocenters. The van der Waals surface area contributed by atoms with Crippen molar-refractivity contribution >= 4 is 5.69 Å². The predicted molar refractivity (Wildman–Crippen MR) is 67.3 cm³/mol. The van der Waals surface area contributed by atoms with Crippen LogP contribution in [0.3, 0.4) is 0 Å². The Kier molecular flexibility index (Phi) is 4.43. The predicted octanol–water partition coefficient (Wildman–Crippen LogP) is 3.56. The number of hydrogen-bond acceptors (Lipinski definition) is 3. The highest BCUT2D eigenvalue weighted by Crippen LogP contribution is 2.36. The van der Waals surface area contributed by atoms with Gasteiger partial charge < -0.3 is 5.11 Å². The molecule has 1 aromatic carbocycles. The molecule has 0 aliphatic heterocycles. The van der Waals surface area contributed by atoms with E-state index in [4.69, 9.17) is 0 Å². The van der Waals surface area contributed by atoms with E-state index in [-0.39, 0.29) is 12.0 Å². The van der Waals surface area contributed by atoms with Gasteiger partial charge in [0.15, 0.2) is 0 Å². The van der Waals surface area contributed by atoms with Crippen LogP contribution < -0.4 is 0 Å². The number of nitrogens with zero attached hydrogens (tertiary/aromatic N) is 1. The van der Waals surface area contributed by atoms with Crippen molar-refractivity contribution < 1.29 is 23.2 Å². The topological polar surface area (TPSA) is 63.4 Å². The van der Waals surface area contributed by atoms with Gasteiger partial charge in [-0.15, -0.1) is 0 Å². The normalized spacial score (nSPS) is 14.2. The summed E-state index contributed by atoms with van der Waals surface area (Å²) in [6.45, 7) is 5.11. The molecule has 0 heterocycles. The van der Waals surface area contributed by atoms with Crippen LogP contribution in [0.15, 0.2) is 18.2 Å². The summed E-state index contributed by atoms with van der Waals surface area (Å²) in [4.78, 5) is 9.69. The van der Waals surface area contributed by atoms with Crippen molar-refractivity contribution in [2.24, 2.45) is 5.41 Å². The van der Waals surface area contributed by atoms with Gasteiger partial charge in [-0.25, -0.2) is 0 Å². The van der Waals surface area contributed by atoms with Crippen LogP contribution >= 0.6 is 0 Å². The van der Waals surface area contributed by atoms with Crippen LogP contribution in [0.1, 0.15) is 31.9 Å². The lowest BCUT2D eigenvalue weighted by Gasteiger charge is -2.26. The third kappa shape index (κ3) is 3.93. The second-order valence-electron chi connectivity index (χ2n) is 5.68. The van der Waals surface area contributed by atoms with Crippen molar-refractivity contribution in [2.45, 2.75) is 39.5 Å². The quantitative estimate of drug-likeness (QED) is 0.684. The van der Waals surface area contributed by atoms with E-state index in [9.17, 15) is 28.4 Å². The van der Waals surface area contributed by atoms with Gasteiger partial charge in [-0.2, -0.15) is 13.2 Å². The van der Waals surface area contributed by atoms with Gasteiger partial charge in [0.05, 0.1) is 16.6 Å². The maximum Gasteiger partial charge on any atom is 0.416 e. The lowest BCUT2D eigenvalue weighted by atomic mass is 9.84. The lowest BCUT2D eigenvalue weighted by Crippen LogP contribution is -2.29. The number of aliphatic hydroxyl groups is 1. The van der Waals surface area contributed by atoms with Gasteiger partial charge in [0, 0.05) is 12.1 Å². The Morgan fingerprint density at radius 2 is 1.85 bits per heavy atom. The molecule has 0 aliphatic rings. The molecule has 0 spiro atoms. The van der Waals surface area contributed by atoms with Crippen molar-refractivity contribution in [3.05, 3.63) is 39.4 Å². The van der Waals surface area contributed by atoms with Crippen LogP contribution in [0.4, 0.5) is 18.9 Å². The first kappa shape index (κ1) is 16.4. The Labute approximate surface area is 114 Å². The van der Waals surface area contributed by atoms with Crippen LogP contribution in [0.2, 0.25) is 0 Å². The Morgan fingerprint density at radius 3 is 2.25 bits per heavy atom. The summed E-state index contributed by atoms with van der Waals surface area (Å²) < 4.78 is 38.8. The van der Waals surface area contributed by atoms with Crippen LogP contribution in [0.5, 0.6) is 0 Å². The van der Waals surface area contributed by atoms with Crippen molar-refractivity contribution in [3.63, 3.8) is 0 Å². The molecule has 112 valence electrons. The number of nitro groups is 1. The van der Waals surface area contributed by atoms with E-state index >= 15 is 0 Å². The van der Waals surface area contributed by atoms with Gasteiger partial charge in [-0.1, -0.05) is 26.8 Å². The second kappa shape index (κ2) is 5.40. The molecule has 0 amide bonds. The Bertz CT molecular complexity index is 507. The van der Waals surface area contributed by atoms with Gasteiger partial charge in [-0.3, -0.25) is 10.1 Å². The fourth-order valence-electron chi connectivity index (χ4n) is 1.63. The summed E-state index contributed by atoms with van der Waals surface area (Å²) in [5.41, 5.74) is -2.42. The Balaban J connectivity index is 3.23. The summed E-state index contributed by atoms with van der Waals surface area (Å²) in [5.74, 6) is 0. The molecule has 1 N–H and O–H groups in total. The van der Waals surface area contributed by atoms with Crippen molar-refractivity contribution in [2.75, 3.05) is 0 Å². The molecule has 0 radical (unpaired) electrons. The zero-order chi connectivity index (χ0) is 15.7. The summed E-state index contributed by atoms with van der Waals surface area (Å²) in [7, 11) is 0. The van der Waals surface area contributed by atoms with E-state index in [0.29, 0.717) is 6.07 Å². The van der Waals surface area contributed by atoms with Gasteiger partial charge in [0.2, 0.25) is 0 Å². The standard InChI is InChI=1S/C13H16F3NO3/c1-12(2,3)11(18)6-8-4-5-9(17(19)20)7-10(8)13(14,15)16/h4-5,7,11,18H,6H2,1-3H3. The molecule has 0 saturated carbocycles. The first-order valence-electron chi connectivity index (χ1n) is 5.95. The van der Waals surface area contributed by atoms with Crippen molar-refractivity contribution in [3.8, 4) is 0 Å². The largest absolute Gasteiger partial charge is 0.416 e. The summed E-state index contributed by atoms with van der Waals surface area (Å²) in [6.07, 6.45) is -5.89. The third-order valence-electron chi connectivity index (χ3n) is 3.02. The van der Waals surface area contributed by atoms with Crippen LogP contribution in [0.25, 0.3) is 0 Å². The average Bonchev–Trinajstić information content (AvgIpc) is 2.26. The van der Waals surface area contributed by atoms with Crippen molar-refractivity contribution in [1.82, 2.24) is 0 Å².